The standard InChI is InChI=1S/C18H31N5O2/c1-6-7-23-9-15(13(4)21-23)18(25)20-16-10-22(11-17(24)19-5)8-14(16)12(2)3/h9,12,14,16H,6-8,10-11H2,1-5H3,(H,19,24)(H,20,25)/t14-,16+/m1/s1. The first-order valence-corrected chi connectivity index (χ1v) is 9.13. The number of rotatable bonds is 7. The van der Waals surface area contributed by atoms with E-state index in [1.165, 1.54) is 0 Å². The van der Waals surface area contributed by atoms with E-state index in [1.807, 2.05) is 17.8 Å². The predicted octanol–water partition coefficient (Wildman–Crippen LogP) is 1.03. The van der Waals surface area contributed by atoms with Gasteiger partial charge in [0.1, 0.15) is 0 Å². The quantitative estimate of drug-likeness (QED) is 0.771. The molecule has 0 bridgehead atoms. The van der Waals surface area contributed by atoms with Crippen molar-refractivity contribution in [3.8, 4) is 0 Å². The Kier molecular flexibility index (Phi) is 6.58. The lowest BCUT2D eigenvalue weighted by Gasteiger charge is -2.22. The van der Waals surface area contributed by atoms with E-state index in [4.69, 9.17) is 0 Å². The highest BCUT2D eigenvalue weighted by molar-refractivity contribution is 5.95. The minimum absolute atomic E-state index is 0.00571. The molecular formula is C18H31N5O2. The van der Waals surface area contributed by atoms with E-state index in [2.05, 4.69) is 41.4 Å². The zero-order chi connectivity index (χ0) is 18.6. The van der Waals surface area contributed by atoms with Crippen LogP contribution in [0.3, 0.4) is 0 Å². The van der Waals surface area contributed by atoms with E-state index in [1.54, 1.807) is 7.05 Å². The molecule has 1 aromatic heterocycles. The summed E-state index contributed by atoms with van der Waals surface area (Å²) in [6.45, 7) is 11.0. The number of likely N-dealkylation sites (N-methyl/N-ethyl adjacent to an activating group) is 1. The highest BCUT2D eigenvalue weighted by atomic mass is 16.2. The molecule has 2 amide bonds. The molecule has 1 aliphatic rings. The Bertz CT molecular complexity index is 611. The fraction of sp³-hybridized carbons (Fsp3) is 0.722. The van der Waals surface area contributed by atoms with Gasteiger partial charge in [-0.3, -0.25) is 19.2 Å². The average Bonchev–Trinajstić information content (AvgIpc) is 3.11. The van der Waals surface area contributed by atoms with Gasteiger partial charge in [0.25, 0.3) is 5.91 Å². The van der Waals surface area contributed by atoms with E-state index in [9.17, 15) is 9.59 Å². The largest absolute Gasteiger partial charge is 0.358 e. The summed E-state index contributed by atoms with van der Waals surface area (Å²) >= 11 is 0. The predicted molar refractivity (Wildman–Crippen MR) is 97.3 cm³/mol. The molecule has 7 heteroatoms. The van der Waals surface area contributed by atoms with Crippen molar-refractivity contribution in [2.24, 2.45) is 11.8 Å². The minimum atomic E-state index is -0.0719. The summed E-state index contributed by atoms with van der Waals surface area (Å²) in [5.74, 6) is 0.701. The summed E-state index contributed by atoms with van der Waals surface area (Å²) in [5, 5.41) is 10.2. The van der Waals surface area contributed by atoms with Crippen molar-refractivity contribution in [3.05, 3.63) is 17.5 Å². The van der Waals surface area contributed by atoms with E-state index >= 15 is 0 Å². The zero-order valence-corrected chi connectivity index (χ0v) is 16.0. The second kappa shape index (κ2) is 8.47. The fourth-order valence-corrected chi connectivity index (χ4v) is 3.48. The lowest BCUT2D eigenvalue weighted by Crippen LogP contribution is -2.42. The van der Waals surface area contributed by atoms with Crippen molar-refractivity contribution in [2.45, 2.75) is 46.7 Å². The highest BCUT2D eigenvalue weighted by Gasteiger charge is 2.36. The summed E-state index contributed by atoms with van der Waals surface area (Å²) in [5.41, 5.74) is 1.40. The second-order valence-corrected chi connectivity index (χ2v) is 7.25. The first kappa shape index (κ1) is 19.4. The molecule has 0 saturated carbocycles. The van der Waals surface area contributed by atoms with Gasteiger partial charge in [-0.1, -0.05) is 20.8 Å². The molecule has 1 aliphatic heterocycles. The SMILES string of the molecule is CCCn1cc(C(=O)N[C@H]2CN(CC(=O)NC)C[C@@H]2C(C)C)c(C)n1. The highest BCUT2D eigenvalue weighted by Crippen LogP contribution is 2.24. The molecule has 0 unspecified atom stereocenters. The molecule has 0 spiro atoms. The van der Waals surface area contributed by atoms with Crippen LogP contribution in [0, 0.1) is 18.8 Å². The molecule has 2 N–H and O–H groups in total. The molecule has 2 heterocycles. The molecule has 1 saturated heterocycles. The van der Waals surface area contributed by atoms with E-state index < -0.39 is 0 Å². The Hall–Kier alpha value is -1.89. The van der Waals surface area contributed by atoms with Crippen LogP contribution in [-0.4, -0.2) is 59.2 Å². The lowest BCUT2D eigenvalue weighted by molar-refractivity contribution is -0.121. The molecular weight excluding hydrogens is 318 g/mol. The number of carbonyl (C=O) groups is 2. The molecule has 140 valence electrons. The molecule has 1 aromatic rings. The van der Waals surface area contributed by atoms with Crippen molar-refractivity contribution >= 4 is 11.8 Å². The van der Waals surface area contributed by atoms with Crippen LogP contribution in [0.1, 0.15) is 43.2 Å². The van der Waals surface area contributed by atoms with Crippen LogP contribution in [0.25, 0.3) is 0 Å². The maximum absolute atomic E-state index is 12.7. The monoisotopic (exact) mass is 349 g/mol. The molecule has 2 atom stereocenters. The van der Waals surface area contributed by atoms with Gasteiger partial charge in [-0.25, -0.2) is 0 Å². The smallest absolute Gasteiger partial charge is 0.255 e. The molecule has 7 nitrogen and oxygen atoms in total. The fourth-order valence-electron chi connectivity index (χ4n) is 3.48. The summed E-state index contributed by atoms with van der Waals surface area (Å²) in [7, 11) is 1.65. The van der Waals surface area contributed by atoms with Gasteiger partial charge in [-0.05, 0) is 25.2 Å². The molecule has 0 radical (unpaired) electrons. The van der Waals surface area contributed by atoms with E-state index in [0.29, 0.717) is 30.5 Å². The van der Waals surface area contributed by atoms with Gasteiger partial charge in [-0.15, -0.1) is 0 Å². The number of aromatic nitrogens is 2. The number of aryl methyl sites for hydroxylation is 2. The number of nitrogens with zero attached hydrogens (tertiary/aromatic N) is 3. The third kappa shape index (κ3) is 4.81. The van der Waals surface area contributed by atoms with Gasteiger partial charge >= 0.3 is 0 Å². The first-order valence-electron chi connectivity index (χ1n) is 9.13. The van der Waals surface area contributed by atoms with Gasteiger partial charge in [-0.2, -0.15) is 5.10 Å². The topological polar surface area (TPSA) is 79.3 Å². The number of likely N-dealkylation sites (tertiary alicyclic amines) is 1. The molecule has 1 fully saturated rings. The van der Waals surface area contributed by atoms with Crippen LogP contribution in [0.5, 0.6) is 0 Å². The lowest BCUT2D eigenvalue weighted by atomic mass is 9.91. The van der Waals surface area contributed by atoms with Crippen LogP contribution < -0.4 is 10.6 Å². The number of nitrogens with one attached hydrogen (secondary N) is 2. The Labute approximate surface area is 150 Å². The van der Waals surface area contributed by atoms with Crippen LogP contribution in [0.15, 0.2) is 6.20 Å². The van der Waals surface area contributed by atoms with Crippen molar-refractivity contribution in [2.75, 3.05) is 26.7 Å². The third-order valence-electron chi connectivity index (χ3n) is 4.90. The number of amides is 2. The van der Waals surface area contributed by atoms with E-state index in [-0.39, 0.29) is 17.9 Å². The normalized spacial score (nSPS) is 20.9. The van der Waals surface area contributed by atoms with Crippen LogP contribution in [0.4, 0.5) is 0 Å². The number of carbonyl (C=O) groups excluding carboxylic acids is 2. The van der Waals surface area contributed by atoms with Crippen molar-refractivity contribution < 1.29 is 9.59 Å². The van der Waals surface area contributed by atoms with Crippen LogP contribution in [-0.2, 0) is 11.3 Å². The van der Waals surface area contributed by atoms with Gasteiger partial charge in [0.2, 0.25) is 5.91 Å². The number of hydrogen-bond donors (Lipinski definition) is 2. The van der Waals surface area contributed by atoms with Gasteiger partial charge < -0.3 is 10.6 Å². The zero-order valence-electron chi connectivity index (χ0n) is 16.0. The third-order valence-corrected chi connectivity index (χ3v) is 4.90. The van der Waals surface area contributed by atoms with Gasteiger partial charge in [0, 0.05) is 38.9 Å². The first-order chi connectivity index (χ1) is 11.8. The summed E-state index contributed by atoms with van der Waals surface area (Å²) in [4.78, 5) is 26.5. The average molecular weight is 349 g/mol. The minimum Gasteiger partial charge on any atom is -0.358 e. The summed E-state index contributed by atoms with van der Waals surface area (Å²) in [6.07, 6.45) is 2.81. The van der Waals surface area contributed by atoms with E-state index in [0.717, 1.165) is 25.2 Å². The van der Waals surface area contributed by atoms with Gasteiger partial charge in [0.05, 0.1) is 17.8 Å². The van der Waals surface area contributed by atoms with Crippen molar-refractivity contribution in [1.29, 1.82) is 0 Å². The summed E-state index contributed by atoms with van der Waals surface area (Å²) in [6, 6.07) is 0.0473. The Morgan fingerprint density at radius 1 is 1.36 bits per heavy atom. The Balaban J connectivity index is 2.06. The Morgan fingerprint density at radius 2 is 2.08 bits per heavy atom. The van der Waals surface area contributed by atoms with Crippen LogP contribution >= 0.6 is 0 Å². The molecule has 25 heavy (non-hydrogen) atoms. The summed E-state index contributed by atoms with van der Waals surface area (Å²) < 4.78 is 1.83. The van der Waals surface area contributed by atoms with Crippen LogP contribution in [0.2, 0.25) is 0 Å². The second-order valence-electron chi connectivity index (χ2n) is 7.25. The molecule has 0 aromatic carbocycles. The van der Waals surface area contributed by atoms with Crippen molar-refractivity contribution in [3.63, 3.8) is 0 Å². The Morgan fingerprint density at radius 3 is 2.68 bits per heavy atom. The molecule has 2 rings (SSSR count). The number of hydrogen-bond acceptors (Lipinski definition) is 4. The maximum Gasteiger partial charge on any atom is 0.255 e. The maximum atomic E-state index is 12.7. The van der Waals surface area contributed by atoms with Gasteiger partial charge in [0.15, 0.2) is 0 Å². The van der Waals surface area contributed by atoms with Crippen molar-refractivity contribution in [1.82, 2.24) is 25.3 Å². The molecule has 0 aliphatic carbocycles.